The second-order valence-corrected chi connectivity index (χ2v) is 14.0. The highest BCUT2D eigenvalue weighted by Gasteiger charge is 2.27. The molecule has 1 fully saturated rings. The first-order valence-corrected chi connectivity index (χ1v) is 15.7. The zero-order valence-electron chi connectivity index (χ0n) is 26.6. The smallest absolute Gasteiger partial charge is 0.407 e. The summed E-state index contributed by atoms with van der Waals surface area (Å²) in [7, 11) is 6.26. The largest absolute Gasteiger partial charge is 0.478 e. The molecule has 3 N–H and O–H groups in total. The average Bonchev–Trinajstić information content (AvgIpc) is 3.43. The number of aliphatic carboxylic acids is 1. The summed E-state index contributed by atoms with van der Waals surface area (Å²) in [5.41, 5.74) is 0.771. The molecule has 3 aromatic rings. The Balaban J connectivity index is 1.57. The van der Waals surface area contributed by atoms with Crippen LogP contribution in [-0.4, -0.2) is 95.4 Å². The molecule has 0 bridgehead atoms. The first kappa shape index (κ1) is 33.6. The maximum absolute atomic E-state index is 13.6. The average molecular weight is 641 g/mol. The number of carboxylic acids is 1. The number of quaternary nitrogens is 1. The molecule has 13 nitrogen and oxygen atoms in total. The number of ether oxygens (including phenoxy) is 1. The number of amides is 2. The monoisotopic (exact) mass is 640 g/mol. The molecule has 3 aromatic heterocycles. The van der Waals surface area contributed by atoms with Crippen LogP contribution in [0.3, 0.4) is 0 Å². The van der Waals surface area contributed by atoms with Crippen molar-refractivity contribution in [1.82, 2.24) is 19.7 Å². The van der Waals surface area contributed by atoms with E-state index in [1.165, 1.54) is 40.1 Å². The summed E-state index contributed by atoms with van der Waals surface area (Å²) in [5, 5.41) is 17.3. The normalized spacial score (nSPS) is 15.8. The van der Waals surface area contributed by atoms with E-state index in [2.05, 4.69) is 36.8 Å². The summed E-state index contributed by atoms with van der Waals surface area (Å²) in [4.78, 5) is 61.6. The number of alkyl carbamates (subject to hydrolysis) is 1. The number of thiazole rings is 1. The first-order valence-electron chi connectivity index (χ1n) is 14.9. The highest BCUT2D eigenvalue weighted by atomic mass is 32.1. The topological polar surface area (TPSA) is 155 Å². The van der Waals surface area contributed by atoms with Gasteiger partial charge < -0.3 is 24.5 Å². The van der Waals surface area contributed by atoms with Gasteiger partial charge in [-0.15, -0.1) is 11.3 Å². The van der Waals surface area contributed by atoms with E-state index < -0.39 is 29.6 Å². The van der Waals surface area contributed by atoms with E-state index in [0.29, 0.717) is 31.1 Å². The molecule has 242 valence electrons. The fourth-order valence-electron chi connectivity index (χ4n) is 4.83. The molecule has 2 amide bonds. The fourth-order valence-corrected chi connectivity index (χ4v) is 5.76. The standard InChI is InChI=1S/C31H41N7O6S/c1-31(2,3)23-19-45-29(33-23)35-27(41)20-12-15-37-24(17-20)34-26(22(28(37)42)10-11-25(39)40)36-14-7-9-21(18-36)44-30(43)32-13-8-16-38(4,5)6/h10-12,15,17,19,21H,7-9,13-14,16,18H2,1-6H3,(H2-,32,33,35,39,40,41,43)/p+1/t21-/m1/s1. The van der Waals surface area contributed by atoms with Crippen molar-refractivity contribution in [1.29, 1.82) is 0 Å². The highest BCUT2D eigenvalue weighted by Crippen LogP contribution is 2.27. The van der Waals surface area contributed by atoms with Crippen LogP contribution in [0.2, 0.25) is 0 Å². The predicted molar refractivity (Wildman–Crippen MR) is 174 cm³/mol. The number of fused-ring (bicyclic) bond motifs is 1. The Morgan fingerprint density at radius 2 is 1.98 bits per heavy atom. The Hall–Kier alpha value is -4.30. The molecule has 1 saturated heterocycles. The number of carbonyl (C=O) groups is 3. The third-order valence-electron chi connectivity index (χ3n) is 7.22. The van der Waals surface area contributed by atoms with Gasteiger partial charge in [0, 0.05) is 48.1 Å². The van der Waals surface area contributed by atoms with Gasteiger partial charge in [0.25, 0.3) is 11.5 Å². The molecule has 4 heterocycles. The van der Waals surface area contributed by atoms with Gasteiger partial charge >= 0.3 is 12.1 Å². The van der Waals surface area contributed by atoms with Crippen LogP contribution in [0.4, 0.5) is 15.7 Å². The molecule has 0 spiro atoms. The number of aromatic nitrogens is 3. The molecule has 0 radical (unpaired) electrons. The van der Waals surface area contributed by atoms with Crippen LogP contribution in [-0.2, 0) is 14.9 Å². The third kappa shape index (κ3) is 9.11. The van der Waals surface area contributed by atoms with Crippen molar-refractivity contribution in [2.24, 2.45) is 0 Å². The Morgan fingerprint density at radius 3 is 2.64 bits per heavy atom. The van der Waals surface area contributed by atoms with E-state index in [1.807, 2.05) is 31.1 Å². The lowest BCUT2D eigenvalue weighted by molar-refractivity contribution is -0.870. The fraction of sp³-hybridized carbons (Fsp3) is 0.484. The molecule has 45 heavy (non-hydrogen) atoms. The number of hydrogen-bond acceptors (Lipinski definition) is 9. The number of piperidine rings is 1. The molecular formula is C31H42N7O6S+. The number of hydrogen-bond donors (Lipinski definition) is 3. The van der Waals surface area contributed by atoms with E-state index in [-0.39, 0.29) is 34.6 Å². The number of carboxylic acid groups (broad SMARTS) is 1. The van der Waals surface area contributed by atoms with Crippen LogP contribution in [0.5, 0.6) is 0 Å². The Labute approximate surface area is 266 Å². The molecule has 0 aliphatic carbocycles. The molecule has 1 aliphatic rings. The number of nitrogens with one attached hydrogen (secondary N) is 2. The van der Waals surface area contributed by atoms with Gasteiger partial charge in [-0.05, 0) is 31.1 Å². The maximum atomic E-state index is 13.6. The molecule has 0 saturated carbocycles. The van der Waals surface area contributed by atoms with Gasteiger partial charge in [0.2, 0.25) is 0 Å². The highest BCUT2D eigenvalue weighted by molar-refractivity contribution is 7.14. The Bertz CT molecular complexity index is 1650. The summed E-state index contributed by atoms with van der Waals surface area (Å²) in [6.45, 7) is 8.30. The summed E-state index contributed by atoms with van der Waals surface area (Å²) >= 11 is 1.33. The van der Waals surface area contributed by atoms with E-state index in [0.717, 1.165) is 29.2 Å². The van der Waals surface area contributed by atoms with Crippen molar-refractivity contribution in [3.05, 3.63) is 57.0 Å². The number of anilines is 2. The van der Waals surface area contributed by atoms with Gasteiger partial charge in [-0.3, -0.25) is 19.3 Å². The summed E-state index contributed by atoms with van der Waals surface area (Å²) in [6.07, 6.45) is 4.69. The van der Waals surface area contributed by atoms with Crippen molar-refractivity contribution in [2.75, 3.05) is 57.5 Å². The van der Waals surface area contributed by atoms with E-state index >= 15 is 0 Å². The van der Waals surface area contributed by atoms with Crippen LogP contribution in [0, 0.1) is 0 Å². The van der Waals surface area contributed by atoms with Gasteiger partial charge in [-0.25, -0.2) is 19.6 Å². The van der Waals surface area contributed by atoms with Crippen molar-refractivity contribution >= 4 is 52.0 Å². The van der Waals surface area contributed by atoms with Gasteiger partial charge in [-0.2, -0.15) is 0 Å². The van der Waals surface area contributed by atoms with Crippen molar-refractivity contribution in [3.63, 3.8) is 0 Å². The second-order valence-electron chi connectivity index (χ2n) is 13.1. The van der Waals surface area contributed by atoms with Crippen molar-refractivity contribution in [2.45, 2.75) is 51.6 Å². The predicted octanol–water partition coefficient (Wildman–Crippen LogP) is 3.59. The van der Waals surface area contributed by atoms with Crippen LogP contribution in [0.15, 0.2) is 34.6 Å². The van der Waals surface area contributed by atoms with E-state index in [9.17, 15) is 24.3 Å². The lowest BCUT2D eigenvalue weighted by Gasteiger charge is -2.34. The Kier molecular flexibility index (Phi) is 10.3. The SMILES string of the molecule is CC(C)(C)c1csc(NC(=O)c2ccn3c(=O)c(C=CC(=O)O)c(N4CCC[C@@H](OC(=O)NCCC[N+](C)(C)C)C4)nc3c2)n1. The minimum atomic E-state index is -1.21. The molecule has 0 aromatic carbocycles. The van der Waals surface area contributed by atoms with Crippen LogP contribution < -0.4 is 21.1 Å². The number of pyridine rings is 1. The van der Waals surface area contributed by atoms with Crippen molar-refractivity contribution in [3.8, 4) is 0 Å². The molecule has 1 atom stereocenters. The molecular weight excluding hydrogens is 598 g/mol. The van der Waals surface area contributed by atoms with Crippen LogP contribution in [0.1, 0.15) is 61.6 Å². The van der Waals surface area contributed by atoms with Gasteiger partial charge in [0.15, 0.2) is 5.13 Å². The molecule has 0 unspecified atom stereocenters. The van der Waals surface area contributed by atoms with Gasteiger partial charge in [-0.1, -0.05) is 20.8 Å². The van der Waals surface area contributed by atoms with Crippen LogP contribution >= 0.6 is 11.3 Å². The summed E-state index contributed by atoms with van der Waals surface area (Å²) in [5.74, 6) is -1.37. The number of rotatable bonds is 10. The quantitative estimate of drug-likeness (QED) is 0.171. The first-order chi connectivity index (χ1) is 21.1. The van der Waals surface area contributed by atoms with Crippen molar-refractivity contribution < 1.29 is 28.7 Å². The van der Waals surface area contributed by atoms with E-state index in [4.69, 9.17) is 9.72 Å². The lowest BCUT2D eigenvalue weighted by atomic mass is 9.93. The molecule has 14 heteroatoms. The zero-order chi connectivity index (χ0) is 32.9. The second kappa shape index (κ2) is 13.8. The number of carbonyl (C=O) groups excluding carboxylic acids is 2. The minimum absolute atomic E-state index is 0.0787. The van der Waals surface area contributed by atoms with Gasteiger partial charge in [0.1, 0.15) is 17.6 Å². The molecule has 1 aliphatic heterocycles. The Morgan fingerprint density at radius 1 is 1.22 bits per heavy atom. The molecule has 4 rings (SSSR count). The summed E-state index contributed by atoms with van der Waals surface area (Å²) in [6, 6.07) is 3.00. The zero-order valence-corrected chi connectivity index (χ0v) is 27.4. The third-order valence-corrected chi connectivity index (χ3v) is 7.98. The summed E-state index contributed by atoms with van der Waals surface area (Å²) < 4.78 is 7.75. The number of nitrogens with zero attached hydrogens (tertiary/aromatic N) is 5. The van der Waals surface area contributed by atoms with Crippen LogP contribution in [0.25, 0.3) is 11.7 Å². The maximum Gasteiger partial charge on any atom is 0.407 e. The van der Waals surface area contributed by atoms with Gasteiger partial charge in [0.05, 0.1) is 45.5 Å². The minimum Gasteiger partial charge on any atom is -0.478 e. The lowest BCUT2D eigenvalue weighted by Crippen LogP contribution is -2.44. The van der Waals surface area contributed by atoms with E-state index in [1.54, 1.807) is 0 Å².